The number of benzene rings is 1. The summed E-state index contributed by atoms with van der Waals surface area (Å²) in [7, 11) is 0. The zero-order chi connectivity index (χ0) is 12.3. The van der Waals surface area contributed by atoms with Crippen molar-refractivity contribution in [3.63, 3.8) is 0 Å². The SMILES string of the molecule is CC(=O)c1cc(Br)ccc1Sc1ncccn1. The molecule has 17 heavy (non-hydrogen) atoms. The van der Waals surface area contributed by atoms with E-state index in [1.165, 1.54) is 11.8 Å². The fraction of sp³-hybridized carbons (Fsp3) is 0.0833. The van der Waals surface area contributed by atoms with Crippen LogP contribution >= 0.6 is 27.7 Å². The third kappa shape index (κ3) is 3.14. The van der Waals surface area contributed by atoms with Gasteiger partial charge in [0.1, 0.15) is 0 Å². The van der Waals surface area contributed by atoms with Crippen LogP contribution < -0.4 is 0 Å². The van der Waals surface area contributed by atoms with Crippen LogP contribution in [0.2, 0.25) is 0 Å². The van der Waals surface area contributed by atoms with Gasteiger partial charge in [0.05, 0.1) is 0 Å². The van der Waals surface area contributed by atoms with E-state index in [1.807, 2.05) is 18.2 Å². The first-order valence-electron chi connectivity index (χ1n) is 4.92. The molecule has 0 aliphatic carbocycles. The molecule has 0 saturated carbocycles. The first-order valence-corrected chi connectivity index (χ1v) is 6.53. The fourth-order valence-electron chi connectivity index (χ4n) is 1.30. The molecule has 0 amide bonds. The summed E-state index contributed by atoms with van der Waals surface area (Å²) in [6, 6.07) is 7.37. The number of carbonyl (C=O) groups is 1. The molecule has 0 radical (unpaired) electrons. The highest BCUT2D eigenvalue weighted by Gasteiger charge is 2.10. The summed E-state index contributed by atoms with van der Waals surface area (Å²) in [5.41, 5.74) is 0.678. The molecule has 0 fully saturated rings. The Morgan fingerprint density at radius 2 is 2.00 bits per heavy atom. The van der Waals surface area contributed by atoms with Gasteiger partial charge in [0.25, 0.3) is 0 Å². The van der Waals surface area contributed by atoms with Crippen LogP contribution in [0.15, 0.2) is 51.2 Å². The summed E-state index contributed by atoms with van der Waals surface area (Å²) >= 11 is 4.74. The second kappa shape index (κ2) is 5.42. The molecular formula is C12H9BrN2OS. The molecule has 0 N–H and O–H groups in total. The van der Waals surface area contributed by atoms with Crippen LogP contribution in [0, 0.1) is 0 Å². The van der Waals surface area contributed by atoms with Gasteiger partial charge in [-0.3, -0.25) is 4.79 Å². The molecule has 1 aromatic heterocycles. The Labute approximate surface area is 112 Å². The van der Waals surface area contributed by atoms with Crippen molar-refractivity contribution in [2.24, 2.45) is 0 Å². The van der Waals surface area contributed by atoms with Crippen molar-refractivity contribution < 1.29 is 4.79 Å². The van der Waals surface area contributed by atoms with E-state index in [0.29, 0.717) is 10.7 Å². The van der Waals surface area contributed by atoms with Gasteiger partial charge in [-0.25, -0.2) is 9.97 Å². The van der Waals surface area contributed by atoms with Gasteiger partial charge in [0, 0.05) is 27.3 Å². The minimum Gasteiger partial charge on any atom is -0.294 e. The lowest BCUT2D eigenvalue weighted by molar-refractivity contribution is 0.101. The summed E-state index contributed by atoms with van der Waals surface area (Å²) in [6.45, 7) is 1.55. The number of aromatic nitrogens is 2. The maximum Gasteiger partial charge on any atom is 0.192 e. The Morgan fingerprint density at radius 3 is 2.65 bits per heavy atom. The molecule has 2 aromatic rings. The second-order valence-corrected chi connectivity index (χ2v) is 5.25. The highest BCUT2D eigenvalue weighted by Crippen LogP contribution is 2.29. The van der Waals surface area contributed by atoms with Gasteiger partial charge < -0.3 is 0 Å². The summed E-state index contributed by atoms with van der Waals surface area (Å²) in [4.78, 5) is 20.7. The van der Waals surface area contributed by atoms with Gasteiger partial charge in [-0.1, -0.05) is 15.9 Å². The highest BCUT2D eigenvalue weighted by molar-refractivity contribution is 9.10. The van der Waals surface area contributed by atoms with Crippen molar-refractivity contribution in [2.45, 2.75) is 17.0 Å². The topological polar surface area (TPSA) is 42.9 Å². The van der Waals surface area contributed by atoms with Crippen molar-refractivity contribution in [2.75, 3.05) is 0 Å². The summed E-state index contributed by atoms with van der Waals surface area (Å²) in [5.74, 6) is 0.0322. The first kappa shape index (κ1) is 12.3. The van der Waals surface area contributed by atoms with Crippen LogP contribution in [0.5, 0.6) is 0 Å². The van der Waals surface area contributed by atoms with Gasteiger partial charge in [-0.05, 0) is 43.0 Å². The molecule has 2 rings (SSSR count). The van der Waals surface area contributed by atoms with Gasteiger partial charge >= 0.3 is 0 Å². The third-order valence-corrected chi connectivity index (χ3v) is 3.53. The average molecular weight is 309 g/mol. The molecular weight excluding hydrogens is 300 g/mol. The van der Waals surface area contributed by atoms with E-state index in [4.69, 9.17) is 0 Å². The molecule has 0 atom stereocenters. The van der Waals surface area contributed by atoms with Gasteiger partial charge in [-0.2, -0.15) is 0 Å². The second-order valence-electron chi connectivity index (χ2n) is 3.33. The maximum absolute atomic E-state index is 11.5. The molecule has 1 heterocycles. The van der Waals surface area contributed by atoms with E-state index in [2.05, 4.69) is 25.9 Å². The zero-order valence-electron chi connectivity index (χ0n) is 9.05. The van der Waals surface area contributed by atoms with Crippen molar-refractivity contribution in [3.05, 3.63) is 46.7 Å². The van der Waals surface area contributed by atoms with E-state index in [9.17, 15) is 4.79 Å². The molecule has 0 spiro atoms. The summed E-state index contributed by atoms with van der Waals surface area (Å²) in [6.07, 6.45) is 3.36. The lowest BCUT2D eigenvalue weighted by Crippen LogP contribution is -1.95. The van der Waals surface area contributed by atoms with Crippen molar-refractivity contribution in [1.29, 1.82) is 0 Å². The Bertz CT molecular complexity index is 545. The molecule has 0 aliphatic rings. The van der Waals surface area contributed by atoms with Crippen LogP contribution in [0.1, 0.15) is 17.3 Å². The number of rotatable bonds is 3. The maximum atomic E-state index is 11.5. The number of Topliss-reactive ketones (excluding diaryl/α,β-unsaturated/α-hetero) is 1. The van der Waals surface area contributed by atoms with Gasteiger partial charge in [0.2, 0.25) is 0 Å². The van der Waals surface area contributed by atoms with Crippen molar-refractivity contribution >= 4 is 33.5 Å². The molecule has 0 bridgehead atoms. The van der Waals surface area contributed by atoms with E-state index in [0.717, 1.165) is 9.37 Å². The standard InChI is InChI=1S/C12H9BrN2OS/c1-8(16)10-7-9(13)3-4-11(10)17-12-14-5-2-6-15-12/h2-7H,1H3. The van der Waals surface area contributed by atoms with Crippen LogP contribution in [0.3, 0.4) is 0 Å². The molecule has 0 aliphatic heterocycles. The fourth-order valence-corrected chi connectivity index (χ4v) is 2.54. The largest absolute Gasteiger partial charge is 0.294 e. The number of carbonyl (C=O) groups excluding carboxylic acids is 1. The number of nitrogens with zero attached hydrogens (tertiary/aromatic N) is 2. The van der Waals surface area contributed by atoms with Gasteiger partial charge in [-0.15, -0.1) is 0 Å². The van der Waals surface area contributed by atoms with E-state index < -0.39 is 0 Å². The van der Waals surface area contributed by atoms with E-state index in [1.54, 1.807) is 25.4 Å². The number of hydrogen-bond acceptors (Lipinski definition) is 4. The number of ketones is 1. The molecule has 0 saturated heterocycles. The predicted octanol–water partition coefficient (Wildman–Crippen LogP) is 3.59. The third-order valence-electron chi connectivity index (χ3n) is 2.06. The van der Waals surface area contributed by atoms with Crippen LogP contribution in [-0.2, 0) is 0 Å². The number of hydrogen-bond donors (Lipinski definition) is 0. The van der Waals surface area contributed by atoms with Crippen molar-refractivity contribution in [3.8, 4) is 0 Å². The van der Waals surface area contributed by atoms with Crippen LogP contribution in [-0.4, -0.2) is 15.8 Å². The Balaban J connectivity index is 2.36. The monoisotopic (exact) mass is 308 g/mol. The highest BCUT2D eigenvalue weighted by atomic mass is 79.9. The molecule has 86 valence electrons. The quantitative estimate of drug-likeness (QED) is 0.642. The molecule has 0 unspecified atom stereocenters. The minimum atomic E-state index is 0.0322. The molecule has 3 nitrogen and oxygen atoms in total. The van der Waals surface area contributed by atoms with E-state index in [-0.39, 0.29) is 5.78 Å². The van der Waals surface area contributed by atoms with Crippen LogP contribution in [0.25, 0.3) is 0 Å². The predicted molar refractivity (Wildman–Crippen MR) is 70.3 cm³/mol. The average Bonchev–Trinajstić information content (AvgIpc) is 2.32. The normalized spacial score (nSPS) is 10.2. The van der Waals surface area contributed by atoms with E-state index >= 15 is 0 Å². The lowest BCUT2D eigenvalue weighted by Gasteiger charge is -2.05. The van der Waals surface area contributed by atoms with Crippen LogP contribution in [0.4, 0.5) is 0 Å². The first-order chi connectivity index (χ1) is 8.16. The smallest absolute Gasteiger partial charge is 0.192 e. The van der Waals surface area contributed by atoms with Gasteiger partial charge in [0.15, 0.2) is 10.9 Å². The number of halogens is 1. The summed E-state index contributed by atoms with van der Waals surface area (Å²) in [5, 5.41) is 0.636. The lowest BCUT2D eigenvalue weighted by atomic mass is 10.1. The van der Waals surface area contributed by atoms with Crippen molar-refractivity contribution in [1.82, 2.24) is 9.97 Å². The minimum absolute atomic E-state index is 0.0322. The molecule has 1 aromatic carbocycles. The molecule has 5 heteroatoms. The summed E-state index contributed by atoms with van der Waals surface area (Å²) < 4.78 is 0.890. The zero-order valence-corrected chi connectivity index (χ0v) is 11.5. The Hall–Kier alpha value is -1.20. The Morgan fingerprint density at radius 1 is 1.29 bits per heavy atom. The Kier molecular flexibility index (Phi) is 3.91.